The predicted molar refractivity (Wildman–Crippen MR) is 96.6 cm³/mol. The number of ether oxygens (including phenoxy) is 3. The Kier molecular flexibility index (Phi) is 16.9. The van der Waals surface area contributed by atoms with Gasteiger partial charge in [0.25, 0.3) is 0 Å². The van der Waals surface area contributed by atoms with Crippen LogP contribution >= 0.6 is 0 Å². The van der Waals surface area contributed by atoms with Crippen molar-refractivity contribution in [1.82, 2.24) is 0 Å². The number of unbranched alkanes of at least 4 members (excludes halogenated alkanes) is 6. The minimum atomic E-state index is -0.537. The number of carbonyl (C=O) groups excluding carboxylic acids is 2. The second-order valence-electron chi connectivity index (χ2n) is 5.40. The number of esters is 2. The summed E-state index contributed by atoms with van der Waals surface area (Å²) in [5.74, 6) is 9.38. The van der Waals surface area contributed by atoms with Gasteiger partial charge in [-0.1, -0.05) is 51.4 Å². The number of carbonyl (C=O) groups is 2. The molecule has 5 nitrogen and oxygen atoms in total. The van der Waals surface area contributed by atoms with Crippen LogP contribution in [-0.4, -0.2) is 38.4 Å². The van der Waals surface area contributed by atoms with E-state index in [1.807, 2.05) is 0 Å². The Bertz CT molecular complexity index is 432. The molecule has 0 heterocycles. The van der Waals surface area contributed by atoms with Crippen LogP contribution in [0.1, 0.15) is 65.2 Å². The summed E-state index contributed by atoms with van der Waals surface area (Å²) in [7, 11) is 0. The van der Waals surface area contributed by atoms with Gasteiger partial charge in [0.2, 0.25) is 0 Å². The third kappa shape index (κ3) is 18.2. The standard InChI is InChI=1S/C20H30O5/c1-3-5-7-9-11-13-19(21)24-17-15-23-16-18-25-20(22)14-12-10-8-6-4-2/h3-10,15-18H2,1-2H3. The second-order valence-corrected chi connectivity index (χ2v) is 5.40. The first-order valence-electron chi connectivity index (χ1n) is 9.09. The van der Waals surface area contributed by atoms with Crippen LogP contribution in [0.3, 0.4) is 0 Å². The Morgan fingerprint density at radius 2 is 1.12 bits per heavy atom. The third-order valence-corrected chi connectivity index (χ3v) is 3.11. The van der Waals surface area contributed by atoms with Crippen molar-refractivity contribution in [3.8, 4) is 23.7 Å². The summed E-state index contributed by atoms with van der Waals surface area (Å²) in [6.45, 7) is 4.98. The molecule has 0 aromatic carbocycles. The topological polar surface area (TPSA) is 61.8 Å². The summed E-state index contributed by atoms with van der Waals surface area (Å²) in [5.41, 5.74) is 0. The van der Waals surface area contributed by atoms with Crippen LogP contribution in [0.5, 0.6) is 0 Å². The molecular weight excluding hydrogens is 320 g/mol. The fourth-order valence-corrected chi connectivity index (χ4v) is 1.76. The van der Waals surface area contributed by atoms with E-state index >= 15 is 0 Å². The maximum absolute atomic E-state index is 11.3. The minimum Gasteiger partial charge on any atom is -0.454 e. The zero-order valence-electron chi connectivity index (χ0n) is 15.5. The van der Waals surface area contributed by atoms with Gasteiger partial charge < -0.3 is 14.2 Å². The van der Waals surface area contributed by atoms with Gasteiger partial charge in [0.1, 0.15) is 13.2 Å². The second kappa shape index (κ2) is 18.4. The van der Waals surface area contributed by atoms with Crippen molar-refractivity contribution in [2.75, 3.05) is 26.4 Å². The van der Waals surface area contributed by atoms with E-state index < -0.39 is 11.9 Å². The molecule has 0 aliphatic heterocycles. The quantitative estimate of drug-likeness (QED) is 0.234. The predicted octanol–water partition coefficient (Wildman–Crippen LogP) is 3.26. The molecule has 0 N–H and O–H groups in total. The van der Waals surface area contributed by atoms with Gasteiger partial charge in [-0.05, 0) is 12.8 Å². The molecule has 0 aliphatic carbocycles. The van der Waals surface area contributed by atoms with Crippen LogP contribution in [-0.2, 0) is 23.8 Å². The highest BCUT2D eigenvalue weighted by Gasteiger charge is 1.99. The van der Waals surface area contributed by atoms with E-state index in [0.717, 1.165) is 38.5 Å². The van der Waals surface area contributed by atoms with Crippen LogP contribution < -0.4 is 0 Å². The van der Waals surface area contributed by atoms with Gasteiger partial charge in [0.05, 0.1) is 13.2 Å². The van der Waals surface area contributed by atoms with Gasteiger partial charge in [0.15, 0.2) is 0 Å². The maximum atomic E-state index is 11.3. The van der Waals surface area contributed by atoms with E-state index in [-0.39, 0.29) is 26.4 Å². The van der Waals surface area contributed by atoms with Gasteiger partial charge >= 0.3 is 11.9 Å². The van der Waals surface area contributed by atoms with Crippen LogP contribution in [0.15, 0.2) is 0 Å². The Morgan fingerprint density at radius 3 is 1.52 bits per heavy atom. The molecule has 0 amide bonds. The highest BCUT2D eigenvalue weighted by atomic mass is 16.6. The van der Waals surface area contributed by atoms with E-state index in [1.54, 1.807) is 0 Å². The summed E-state index contributed by atoms with van der Waals surface area (Å²) in [4.78, 5) is 22.6. The molecule has 0 saturated heterocycles. The zero-order chi connectivity index (χ0) is 18.6. The van der Waals surface area contributed by atoms with E-state index in [0.29, 0.717) is 12.8 Å². The zero-order valence-corrected chi connectivity index (χ0v) is 15.5. The lowest BCUT2D eigenvalue weighted by Gasteiger charge is -2.03. The summed E-state index contributed by atoms with van der Waals surface area (Å²) in [5, 5.41) is 0. The molecule has 0 atom stereocenters. The molecule has 0 bridgehead atoms. The van der Waals surface area contributed by atoms with Crippen molar-refractivity contribution in [2.24, 2.45) is 0 Å². The van der Waals surface area contributed by atoms with Gasteiger partial charge in [-0.15, -0.1) is 0 Å². The number of hydrogen-bond acceptors (Lipinski definition) is 5. The Balaban J connectivity index is 3.48. The van der Waals surface area contributed by atoms with Gasteiger partial charge in [-0.2, -0.15) is 0 Å². The third-order valence-electron chi connectivity index (χ3n) is 3.11. The molecule has 0 rings (SSSR count). The smallest absolute Gasteiger partial charge is 0.384 e. The summed E-state index contributed by atoms with van der Waals surface area (Å²) in [6, 6.07) is 0. The van der Waals surface area contributed by atoms with Gasteiger partial charge in [-0.3, -0.25) is 0 Å². The first-order chi connectivity index (χ1) is 12.2. The summed E-state index contributed by atoms with van der Waals surface area (Å²) < 4.78 is 15.0. The molecule has 0 aromatic rings. The molecule has 0 radical (unpaired) electrons. The Labute approximate surface area is 151 Å². The lowest BCUT2D eigenvalue weighted by atomic mass is 10.2. The van der Waals surface area contributed by atoms with Crippen LogP contribution in [0.25, 0.3) is 0 Å². The average Bonchev–Trinajstić information content (AvgIpc) is 2.60. The first-order valence-corrected chi connectivity index (χ1v) is 9.09. The highest BCUT2D eigenvalue weighted by Crippen LogP contribution is 1.97. The number of rotatable bonds is 12. The maximum Gasteiger partial charge on any atom is 0.384 e. The molecule has 25 heavy (non-hydrogen) atoms. The molecule has 140 valence electrons. The number of hydrogen-bond donors (Lipinski definition) is 0. The monoisotopic (exact) mass is 350 g/mol. The van der Waals surface area contributed by atoms with Crippen molar-refractivity contribution in [1.29, 1.82) is 0 Å². The fourth-order valence-electron chi connectivity index (χ4n) is 1.76. The minimum absolute atomic E-state index is 0.133. The normalized spacial score (nSPS) is 9.36. The molecule has 0 aliphatic rings. The molecule has 0 spiro atoms. The Morgan fingerprint density at radius 1 is 0.680 bits per heavy atom. The molecule has 5 heteroatoms. The van der Waals surface area contributed by atoms with E-state index in [1.165, 1.54) is 0 Å². The van der Waals surface area contributed by atoms with Crippen LogP contribution in [0, 0.1) is 23.7 Å². The molecule has 0 saturated carbocycles. The molecule has 0 aromatic heterocycles. The Hall–Kier alpha value is -1.98. The van der Waals surface area contributed by atoms with Crippen LogP contribution in [0.2, 0.25) is 0 Å². The molecule has 0 unspecified atom stereocenters. The van der Waals surface area contributed by atoms with Gasteiger partial charge in [0, 0.05) is 24.7 Å². The van der Waals surface area contributed by atoms with E-state index in [2.05, 4.69) is 37.5 Å². The van der Waals surface area contributed by atoms with Crippen molar-refractivity contribution in [3.63, 3.8) is 0 Å². The average molecular weight is 350 g/mol. The lowest BCUT2D eigenvalue weighted by Crippen LogP contribution is -2.13. The van der Waals surface area contributed by atoms with Crippen LogP contribution in [0.4, 0.5) is 0 Å². The van der Waals surface area contributed by atoms with Crippen molar-refractivity contribution in [2.45, 2.75) is 65.2 Å². The van der Waals surface area contributed by atoms with Crippen molar-refractivity contribution < 1.29 is 23.8 Å². The fraction of sp³-hybridized carbons (Fsp3) is 0.700. The first kappa shape index (κ1) is 23.0. The van der Waals surface area contributed by atoms with Crippen molar-refractivity contribution in [3.05, 3.63) is 0 Å². The molecule has 0 fully saturated rings. The SMILES string of the molecule is CCCCCC#CC(=O)OCCOCCOC(=O)C#CCCCCC. The largest absolute Gasteiger partial charge is 0.454 e. The lowest BCUT2D eigenvalue weighted by molar-refractivity contribution is -0.139. The van der Waals surface area contributed by atoms with Gasteiger partial charge in [-0.25, -0.2) is 9.59 Å². The highest BCUT2D eigenvalue weighted by molar-refractivity contribution is 5.88. The molecular formula is C20H30O5. The van der Waals surface area contributed by atoms with E-state index in [9.17, 15) is 9.59 Å². The van der Waals surface area contributed by atoms with Crippen molar-refractivity contribution >= 4 is 11.9 Å². The summed E-state index contributed by atoms with van der Waals surface area (Å²) in [6.07, 6.45) is 7.93. The summed E-state index contributed by atoms with van der Waals surface area (Å²) >= 11 is 0. The van der Waals surface area contributed by atoms with E-state index in [4.69, 9.17) is 14.2 Å².